The Morgan fingerprint density at radius 1 is 0.889 bits per heavy atom. The zero-order chi connectivity index (χ0) is 14.3. The first-order valence-electron chi connectivity index (χ1n) is 5.30. The molecule has 0 rings (SSSR count). The number of nitrogens with zero attached hydrogens (tertiary/aromatic N) is 2. The predicted molar refractivity (Wildman–Crippen MR) is 75.1 cm³/mol. The Kier molecular flexibility index (Phi) is 8.41. The lowest BCUT2D eigenvalue weighted by Gasteiger charge is -2.21. The molecule has 0 fully saturated rings. The smallest absolute Gasteiger partial charge is 0.321 e. The largest absolute Gasteiger partial charge is 0.480 e. The predicted octanol–water partition coefficient (Wildman–Crippen LogP) is 0.397. The number of hydrogen-bond donors (Lipinski definition) is 2. The highest BCUT2D eigenvalue weighted by Crippen LogP contribution is 2.24. The van der Waals surface area contributed by atoms with Crippen molar-refractivity contribution >= 4 is 33.5 Å². The molecule has 0 spiro atoms. The number of rotatable bonds is 9. The lowest BCUT2D eigenvalue weighted by Crippen LogP contribution is -2.38. The van der Waals surface area contributed by atoms with Gasteiger partial charge in [0.15, 0.2) is 0 Å². The number of likely N-dealkylation sites (N-methyl/N-ethyl adjacent to an activating group) is 2. The van der Waals surface area contributed by atoms with Crippen LogP contribution in [-0.2, 0) is 9.59 Å². The normalized spacial score (nSPS) is 14.8. The Morgan fingerprint density at radius 3 is 1.33 bits per heavy atom. The number of carbonyl (C=O) groups is 2. The fourth-order valence-electron chi connectivity index (χ4n) is 1.11. The van der Waals surface area contributed by atoms with Gasteiger partial charge in [0.1, 0.15) is 12.1 Å². The van der Waals surface area contributed by atoms with Gasteiger partial charge in [0.05, 0.1) is 0 Å². The summed E-state index contributed by atoms with van der Waals surface area (Å²) < 4.78 is 0. The van der Waals surface area contributed by atoms with Crippen LogP contribution in [0.1, 0.15) is 0 Å². The molecule has 0 saturated carbocycles. The average Bonchev–Trinajstić information content (AvgIpc) is 2.20. The molecule has 0 bridgehead atoms. The van der Waals surface area contributed by atoms with E-state index in [1.54, 1.807) is 38.0 Å². The van der Waals surface area contributed by atoms with Crippen LogP contribution in [0.5, 0.6) is 0 Å². The second-order valence-corrected chi connectivity index (χ2v) is 6.76. The maximum absolute atomic E-state index is 10.9. The SMILES string of the molecule is CN(C)[C@H](CSSC[C@H](C(=O)O)N(C)C)C(=O)O. The molecule has 0 aromatic carbocycles. The van der Waals surface area contributed by atoms with Crippen molar-refractivity contribution in [1.29, 1.82) is 0 Å². The van der Waals surface area contributed by atoms with Gasteiger partial charge in [0, 0.05) is 11.5 Å². The molecule has 0 heterocycles. The number of carboxylic acids is 2. The molecule has 0 aliphatic carbocycles. The summed E-state index contributed by atoms with van der Waals surface area (Å²) in [6.07, 6.45) is 0. The van der Waals surface area contributed by atoms with Gasteiger partial charge in [-0.2, -0.15) is 0 Å². The molecule has 8 heteroatoms. The maximum atomic E-state index is 10.9. The Balaban J connectivity index is 4.04. The van der Waals surface area contributed by atoms with Crippen LogP contribution in [0.25, 0.3) is 0 Å². The molecule has 18 heavy (non-hydrogen) atoms. The van der Waals surface area contributed by atoms with Crippen molar-refractivity contribution in [3.05, 3.63) is 0 Å². The zero-order valence-corrected chi connectivity index (χ0v) is 12.6. The van der Waals surface area contributed by atoms with Gasteiger partial charge in [-0.1, -0.05) is 21.6 Å². The van der Waals surface area contributed by atoms with Gasteiger partial charge in [0.2, 0.25) is 0 Å². The minimum atomic E-state index is -0.865. The molecular formula is C10H20N2O4S2. The summed E-state index contributed by atoms with van der Waals surface area (Å²) in [5.41, 5.74) is 0. The Morgan fingerprint density at radius 2 is 1.17 bits per heavy atom. The summed E-state index contributed by atoms with van der Waals surface area (Å²) in [7, 11) is 9.62. The average molecular weight is 296 g/mol. The number of hydrogen-bond acceptors (Lipinski definition) is 6. The third-order valence-electron chi connectivity index (χ3n) is 2.35. The van der Waals surface area contributed by atoms with E-state index in [9.17, 15) is 9.59 Å². The van der Waals surface area contributed by atoms with Gasteiger partial charge in [-0.15, -0.1) is 0 Å². The van der Waals surface area contributed by atoms with Crippen LogP contribution < -0.4 is 0 Å². The summed E-state index contributed by atoms with van der Waals surface area (Å²) in [6, 6.07) is -1.10. The molecule has 106 valence electrons. The van der Waals surface area contributed by atoms with E-state index in [2.05, 4.69) is 0 Å². The molecule has 0 amide bonds. The Labute approximate surface area is 115 Å². The highest BCUT2D eigenvalue weighted by atomic mass is 33.1. The van der Waals surface area contributed by atoms with Crippen LogP contribution >= 0.6 is 21.6 Å². The first-order chi connectivity index (χ1) is 8.27. The van der Waals surface area contributed by atoms with E-state index in [4.69, 9.17) is 10.2 Å². The summed E-state index contributed by atoms with van der Waals surface area (Å²) in [5, 5.41) is 17.9. The minimum Gasteiger partial charge on any atom is -0.480 e. The first kappa shape index (κ1) is 17.6. The van der Waals surface area contributed by atoms with Crippen molar-refractivity contribution in [3.63, 3.8) is 0 Å². The second-order valence-electron chi connectivity index (χ2n) is 4.20. The van der Waals surface area contributed by atoms with Gasteiger partial charge in [0.25, 0.3) is 0 Å². The summed E-state index contributed by atoms with van der Waals surface area (Å²) >= 11 is 0. The molecule has 2 N–H and O–H groups in total. The van der Waals surface area contributed by atoms with E-state index in [0.29, 0.717) is 11.5 Å². The van der Waals surface area contributed by atoms with Crippen LogP contribution in [0.15, 0.2) is 0 Å². The van der Waals surface area contributed by atoms with E-state index in [1.807, 2.05) is 0 Å². The molecule has 0 aliphatic rings. The van der Waals surface area contributed by atoms with Crippen molar-refractivity contribution in [2.75, 3.05) is 39.7 Å². The van der Waals surface area contributed by atoms with Crippen LogP contribution in [0.4, 0.5) is 0 Å². The van der Waals surface area contributed by atoms with E-state index in [1.165, 1.54) is 21.6 Å². The number of carboxylic acid groups (broad SMARTS) is 2. The molecule has 0 aliphatic heterocycles. The first-order valence-corrected chi connectivity index (χ1v) is 7.79. The highest BCUT2D eigenvalue weighted by Gasteiger charge is 2.22. The fourth-order valence-corrected chi connectivity index (χ4v) is 3.79. The van der Waals surface area contributed by atoms with Gasteiger partial charge >= 0.3 is 11.9 Å². The lowest BCUT2D eigenvalue weighted by atomic mass is 10.3. The van der Waals surface area contributed by atoms with Crippen molar-refractivity contribution in [3.8, 4) is 0 Å². The standard InChI is InChI=1S/C10H20N2O4S2/c1-11(2)7(9(13)14)5-17-18-6-8(10(15)16)12(3)4/h7-8H,5-6H2,1-4H3,(H,13,14)(H,15,16)/t7-,8-/m1/s1. The van der Waals surface area contributed by atoms with E-state index >= 15 is 0 Å². The van der Waals surface area contributed by atoms with E-state index in [0.717, 1.165) is 0 Å². The van der Waals surface area contributed by atoms with Crippen LogP contribution in [0.3, 0.4) is 0 Å². The van der Waals surface area contributed by atoms with Crippen LogP contribution in [0, 0.1) is 0 Å². The number of aliphatic carboxylic acids is 2. The molecule has 0 radical (unpaired) electrons. The Bertz CT molecular complexity index is 259. The molecule has 2 atom stereocenters. The highest BCUT2D eigenvalue weighted by molar-refractivity contribution is 8.76. The summed E-state index contributed by atoms with van der Waals surface area (Å²) in [5.74, 6) is -0.884. The molecule has 0 unspecified atom stereocenters. The molecule has 6 nitrogen and oxygen atoms in total. The summed E-state index contributed by atoms with van der Waals surface area (Å²) in [4.78, 5) is 25.1. The van der Waals surface area contributed by atoms with Crippen molar-refractivity contribution < 1.29 is 19.8 Å². The van der Waals surface area contributed by atoms with Crippen molar-refractivity contribution in [2.24, 2.45) is 0 Å². The lowest BCUT2D eigenvalue weighted by molar-refractivity contribution is -0.142. The minimum absolute atomic E-state index is 0.423. The third-order valence-corrected chi connectivity index (χ3v) is 4.74. The fraction of sp³-hybridized carbons (Fsp3) is 0.800. The molecule has 0 aromatic heterocycles. The maximum Gasteiger partial charge on any atom is 0.321 e. The van der Waals surface area contributed by atoms with Gasteiger partial charge in [-0.3, -0.25) is 19.4 Å². The van der Waals surface area contributed by atoms with E-state index < -0.39 is 24.0 Å². The monoisotopic (exact) mass is 296 g/mol. The van der Waals surface area contributed by atoms with Gasteiger partial charge in [-0.25, -0.2) is 0 Å². The summed E-state index contributed by atoms with van der Waals surface area (Å²) in [6.45, 7) is 0. The van der Waals surface area contributed by atoms with Crippen LogP contribution in [0.2, 0.25) is 0 Å². The molecular weight excluding hydrogens is 276 g/mol. The van der Waals surface area contributed by atoms with Crippen molar-refractivity contribution in [2.45, 2.75) is 12.1 Å². The topological polar surface area (TPSA) is 81.1 Å². The van der Waals surface area contributed by atoms with Gasteiger partial charge in [-0.05, 0) is 28.2 Å². The zero-order valence-electron chi connectivity index (χ0n) is 11.0. The van der Waals surface area contributed by atoms with E-state index in [-0.39, 0.29) is 0 Å². The Hall–Kier alpha value is -0.440. The van der Waals surface area contributed by atoms with Crippen LogP contribution in [-0.4, -0.2) is 83.7 Å². The molecule has 0 aromatic rings. The quantitative estimate of drug-likeness (QED) is 0.467. The van der Waals surface area contributed by atoms with Gasteiger partial charge < -0.3 is 10.2 Å². The van der Waals surface area contributed by atoms with Crippen molar-refractivity contribution in [1.82, 2.24) is 9.80 Å². The second kappa shape index (κ2) is 8.63. The molecule has 0 saturated heterocycles. The third kappa shape index (κ3) is 6.48.